The Kier molecular flexibility index (Phi) is 4.11. The normalized spacial score (nSPS) is 26.8. The van der Waals surface area contributed by atoms with E-state index in [4.69, 9.17) is 4.74 Å². The van der Waals surface area contributed by atoms with Crippen LogP contribution in [0.15, 0.2) is 48.5 Å². The van der Waals surface area contributed by atoms with Gasteiger partial charge in [-0.1, -0.05) is 36.4 Å². The molecule has 0 saturated carbocycles. The van der Waals surface area contributed by atoms with Crippen molar-refractivity contribution in [2.75, 3.05) is 25.5 Å². The molecule has 2 aliphatic heterocycles. The lowest BCUT2D eigenvalue weighted by molar-refractivity contribution is -0.534. The van der Waals surface area contributed by atoms with Crippen molar-refractivity contribution in [1.82, 2.24) is 4.90 Å². The fraction of sp³-hybridized carbons (Fsp3) is 0.350. The van der Waals surface area contributed by atoms with E-state index < -0.39 is 17.5 Å². The number of anilines is 1. The van der Waals surface area contributed by atoms with E-state index in [-0.39, 0.29) is 10.8 Å². The van der Waals surface area contributed by atoms with E-state index in [2.05, 4.69) is 5.32 Å². The minimum atomic E-state index is -1.33. The van der Waals surface area contributed by atoms with Crippen molar-refractivity contribution in [1.29, 1.82) is 0 Å². The number of carbonyl (C=O) groups is 1. The van der Waals surface area contributed by atoms with Gasteiger partial charge in [0.05, 0.1) is 12.5 Å². The molecular formula is C20H21N3O4. The molecule has 2 aromatic rings. The number of nitro groups is 1. The summed E-state index contributed by atoms with van der Waals surface area (Å²) >= 11 is 0. The number of likely N-dealkylation sites (tertiary alicyclic amines) is 1. The zero-order chi connectivity index (χ0) is 19.2. The second-order valence-electron chi connectivity index (χ2n) is 6.95. The van der Waals surface area contributed by atoms with Crippen molar-refractivity contribution < 1.29 is 14.5 Å². The standard InChI is InChI=1S/C20H21N3O4/c1-3-27-17-11-7-4-8-13(17)14-12-22(2)20(18(14)23(25)26)15-9-5-6-10-16(15)21-19(20)24/h4-11,14,18H,3,12H2,1-2H3,(H,21,24)/t14-,18-,20+/m0/s1. The summed E-state index contributed by atoms with van der Waals surface area (Å²) in [4.78, 5) is 26.9. The van der Waals surface area contributed by atoms with Crippen molar-refractivity contribution in [3.05, 3.63) is 69.8 Å². The van der Waals surface area contributed by atoms with Crippen molar-refractivity contribution >= 4 is 11.6 Å². The second kappa shape index (κ2) is 6.35. The number of rotatable bonds is 4. The molecule has 1 saturated heterocycles. The maximum Gasteiger partial charge on any atom is 0.256 e. The highest BCUT2D eigenvalue weighted by Crippen LogP contribution is 2.52. The highest BCUT2D eigenvalue weighted by molar-refractivity contribution is 6.06. The van der Waals surface area contributed by atoms with E-state index in [1.165, 1.54) is 0 Å². The van der Waals surface area contributed by atoms with Crippen LogP contribution in [0.3, 0.4) is 0 Å². The molecule has 2 aromatic carbocycles. The molecule has 7 heteroatoms. The van der Waals surface area contributed by atoms with E-state index in [9.17, 15) is 14.9 Å². The van der Waals surface area contributed by atoms with Crippen molar-refractivity contribution in [3.63, 3.8) is 0 Å². The van der Waals surface area contributed by atoms with Gasteiger partial charge in [-0.25, -0.2) is 0 Å². The first-order chi connectivity index (χ1) is 13.0. The lowest BCUT2D eigenvalue weighted by Crippen LogP contribution is -2.54. The van der Waals surface area contributed by atoms with Crippen LogP contribution < -0.4 is 10.1 Å². The lowest BCUT2D eigenvalue weighted by atomic mass is 9.79. The summed E-state index contributed by atoms with van der Waals surface area (Å²) < 4.78 is 5.72. The van der Waals surface area contributed by atoms with E-state index in [0.717, 1.165) is 5.56 Å². The number of benzene rings is 2. The number of para-hydroxylation sites is 2. The molecule has 1 amide bonds. The smallest absolute Gasteiger partial charge is 0.256 e. The van der Waals surface area contributed by atoms with Crippen LogP contribution in [0.5, 0.6) is 5.75 Å². The average Bonchev–Trinajstić information content (AvgIpc) is 3.12. The van der Waals surface area contributed by atoms with Gasteiger partial charge in [0.25, 0.3) is 11.9 Å². The number of nitrogens with zero attached hydrogens (tertiary/aromatic N) is 2. The Hall–Kier alpha value is -2.93. The number of hydrogen-bond acceptors (Lipinski definition) is 5. The Labute approximate surface area is 157 Å². The molecule has 2 aliphatic rings. The van der Waals surface area contributed by atoms with Crippen LogP contribution in [0, 0.1) is 10.1 Å². The fourth-order valence-corrected chi connectivity index (χ4v) is 4.63. The van der Waals surface area contributed by atoms with Crippen molar-refractivity contribution in [2.45, 2.75) is 24.4 Å². The Balaban J connectivity index is 1.90. The lowest BCUT2D eigenvalue weighted by Gasteiger charge is -2.30. The van der Waals surface area contributed by atoms with Gasteiger partial charge in [0.2, 0.25) is 0 Å². The molecule has 1 N–H and O–H groups in total. The van der Waals surface area contributed by atoms with Crippen LogP contribution in [0.1, 0.15) is 24.0 Å². The maximum absolute atomic E-state index is 13.1. The molecule has 2 heterocycles. The predicted octanol–water partition coefficient (Wildman–Crippen LogP) is 2.61. The van der Waals surface area contributed by atoms with Gasteiger partial charge in [-0.15, -0.1) is 0 Å². The van der Waals surface area contributed by atoms with Gasteiger partial charge in [0, 0.05) is 28.3 Å². The van der Waals surface area contributed by atoms with Gasteiger partial charge >= 0.3 is 0 Å². The quantitative estimate of drug-likeness (QED) is 0.663. The topological polar surface area (TPSA) is 84.7 Å². The van der Waals surface area contributed by atoms with Gasteiger partial charge in [-0.2, -0.15) is 0 Å². The largest absolute Gasteiger partial charge is 0.494 e. The van der Waals surface area contributed by atoms with Crippen LogP contribution in [0.4, 0.5) is 5.69 Å². The number of ether oxygens (including phenoxy) is 1. The molecule has 0 radical (unpaired) electrons. The Morgan fingerprint density at radius 2 is 1.96 bits per heavy atom. The minimum absolute atomic E-state index is 0.307. The summed E-state index contributed by atoms with van der Waals surface area (Å²) in [6, 6.07) is 13.5. The van der Waals surface area contributed by atoms with Gasteiger partial charge in [0.15, 0.2) is 5.54 Å². The number of likely N-dealkylation sites (N-methyl/N-ethyl adjacent to an activating group) is 1. The SMILES string of the molecule is CCOc1ccccc1[C@@H]1CN(C)[C@@]2(C(=O)Nc3ccccc32)[C@H]1[N+](=O)[O-]. The van der Waals surface area contributed by atoms with Crippen LogP contribution in [0.2, 0.25) is 0 Å². The van der Waals surface area contributed by atoms with E-state index in [0.29, 0.717) is 30.2 Å². The molecule has 0 unspecified atom stereocenters. The summed E-state index contributed by atoms with van der Waals surface area (Å²) in [6.07, 6.45) is 0. The molecule has 0 aliphatic carbocycles. The fourth-order valence-electron chi connectivity index (χ4n) is 4.63. The molecule has 1 fully saturated rings. The van der Waals surface area contributed by atoms with Crippen LogP contribution in [-0.4, -0.2) is 42.0 Å². The van der Waals surface area contributed by atoms with E-state index >= 15 is 0 Å². The molecule has 7 nitrogen and oxygen atoms in total. The molecule has 27 heavy (non-hydrogen) atoms. The van der Waals surface area contributed by atoms with Gasteiger partial charge in [-0.3, -0.25) is 19.8 Å². The average molecular weight is 367 g/mol. The molecule has 140 valence electrons. The Morgan fingerprint density at radius 3 is 2.70 bits per heavy atom. The monoisotopic (exact) mass is 367 g/mol. The Morgan fingerprint density at radius 1 is 1.26 bits per heavy atom. The second-order valence-corrected chi connectivity index (χ2v) is 6.95. The summed E-state index contributed by atoms with van der Waals surface area (Å²) in [5, 5.41) is 15.1. The number of carbonyl (C=O) groups excluding carboxylic acids is 1. The van der Waals surface area contributed by atoms with Gasteiger partial charge < -0.3 is 10.1 Å². The molecule has 0 bridgehead atoms. The van der Waals surface area contributed by atoms with E-state index in [1.807, 2.05) is 48.2 Å². The maximum atomic E-state index is 13.1. The highest BCUT2D eigenvalue weighted by Gasteiger charge is 2.68. The third-order valence-corrected chi connectivity index (χ3v) is 5.66. The van der Waals surface area contributed by atoms with E-state index in [1.54, 1.807) is 19.2 Å². The van der Waals surface area contributed by atoms with Crippen molar-refractivity contribution in [2.24, 2.45) is 0 Å². The van der Waals surface area contributed by atoms with Crippen molar-refractivity contribution in [3.8, 4) is 5.75 Å². The number of amides is 1. The first-order valence-electron chi connectivity index (χ1n) is 8.99. The first kappa shape index (κ1) is 17.5. The zero-order valence-electron chi connectivity index (χ0n) is 15.2. The van der Waals surface area contributed by atoms with Crippen LogP contribution in [-0.2, 0) is 10.3 Å². The summed E-state index contributed by atoms with van der Waals surface area (Å²) in [5.41, 5.74) is 0.738. The summed E-state index contributed by atoms with van der Waals surface area (Å²) in [7, 11) is 1.78. The number of hydrogen-bond donors (Lipinski definition) is 1. The molecular weight excluding hydrogens is 346 g/mol. The number of nitrogens with one attached hydrogen (secondary N) is 1. The summed E-state index contributed by atoms with van der Waals surface area (Å²) in [6.45, 7) is 2.74. The minimum Gasteiger partial charge on any atom is -0.494 e. The van der Waals surface area contributed by atoms with Gasteiger partial charge in [0.1, 0.15) is 5.75 Å². The third-order valence-electron chi connectivity index (χ3n) is 5.66. The number of fused-ring (bicyclic) bond motifs is 2. The Bertz CT molecular complexity index is 916. The van der Waals surface area contributed by atoms with Crippen LogP contribution in [0.25, 0.3) is 0 Å². The molecule has 1 spiro atoms. The first-order valence-corrected chi connectivity index (χ1v) is 8.99. The zero-order valence-corrected chi connectivity index (χ0v) is 15.2. The van der Waals surface area contributed by atoms with Crippen LogP contribution >= 0.6 is 0 Å². The van der Waals surface area contributed by atoms with Gasteiger partial charge in [-0.05, 0) is 26.1 Å². The third kappa shape index (κ3) is 2.35. The molecule has 4 rings (SSSR count). The predicted molar refractivity (Wildman–Crippen MR) is 101 cm³/mol. The summed E-state index contributed by atoms with van der Waals surface area (Å²) in [5.74, 6) is -0.178. The molecule has 3 atom stereocenters. The highest BCUT2D eigenvalue weighted by atomic mass is 16.6. The molecule has 0 aromatic heterocycles.